The van der Waals surface area contributed by atoms with Gasteiger partial charge in [0.15, 0.2) is 0 Å². The zero-order chi connectivity index (χ0) is 17.2. The number of aliphatic hydroxyl groups excluding tert-OH is 1. The number of hydrogen-bond acceptors (Lipinski definition) is 5. The molecule has 9 heteroatoms. The van der Waals surface area contributed by atoms with Crippen LogP contribution >= 0.6 is 0 Å². The van der Waals surface area contributed by atoms with E-state index < -0.39 is 16.1 Å². The van der Waals surface area contributed by atoms with Gasteiger partial charge in [0.25, 0.3) is 0 Å². The second-order valence-electron chi connectivity index (χ2n) is 5.46. The molecule has 23 heavy (non-hydrogen) atoms. The van der Waals surface area contributed by atoms with Crippen molar-refractivity contribution in [1.82, 2.24) is 10.0 Å². The van der Waals surface area contributed by atoms with Crippen LogP contribution in [0.2, 0.25) is 0 Å². The van der Waals surface area contributed by atoms with E-state index in [4.69, 9.17) is 0 Å². The Balaban J connectivity index is 2.11. The molecule has 1 amide bonds. The van der Waals surface area contributed by atoms with Crippen molar-refractivity contribution in [3.05, 3.63) is 35.8 Å². The van der Waals surface area contributed by atoms with Gasteiger partial charge in [0, 0.05) is 12.5 Å². The van der Waals surface area contributed by atoms with E-state index in [0.717, 1.165) is 10.5 Å². The lowest BCUT2D eigenvalue weighted by Gasteiger charge is -2.16. The standard InChI is InChI=1S/C14H19N3O5S/c1-9(2)15-13(19)6-4-10-3-5-11(12(18)7-10)17-8-14(20)16-23(17,21)22/h3,5,7-9,16,18,20H,4,6H2,1-2H3,(H,15,19). The molecule has 0 bridgehead atoms. The van der Waals surface area contributed by atoms with Gasteiger partial charge in [0.05, 0.1) is 6.20 Å². The topological polar surface area (TPSA) is 119 Å². The Labute approximate surface area is 134 Å². The number of aryl methyl sites for hydroxylation is 1. The first kappa shape index (κ1) is 16.9. The monoisotopic (exact) mass is 341 g/mol. The number of nitrogens with zero attached hydrogens (tertiary/aromatic N) is 1. The SMILES string of the molecule is CC(C)NC(=O)CCc1ccc(N2C=C(O)NS2(=O)=O)c(O)c1. The van der Waals surface area contributed by atoms with Gasteiger partial charge in [-0.15, -0.1) is 0 Å². The van der Waals surface area contributed by atoms with Crippen molar-refractivity contribution >= 4 is 21.8 Å². The van der Waals surface area contributed by atoms with Gasteiger partial charge in [0.1, 0.15) is 11.4 Å². The summed E-state index contributed by atoms with van der Waals surface area (Å²) in [6.07, 6.45) is 1.64. The van der Waals surface area contributed by atoms with E-state index in [9.17, 15) is 23.4 Å². The molecule has 1 aliphatic heterocycles. The number of rotatable bonds is 5. The van der Waals surface area contributed by atoms with Crippen LogP contribution < -0.4 is 14.3 Å². The van der Waals surface area contributed by atoms with Gasteiger partial charge in [-0.05, 0) is 38.0 Å². The van der Waals surface area contributed by atoms with Crippen LogP contribution in [0.5, 0.6) is 5.75 Å². The molecule has 0 fully saturated rings. The molecule has 0 spiro atoms. The molecular formula is C14H19N3O5S. The largest absolute Gasteiger partial charge is 0.506 e. The van der Waals surface area contributed by atoms with Crippen molar-refractivity contribution in [3.63, 3.8) is 0 Å². The Bertz CT molecular complexity index is 743. The molecular weight excluding hydrogens is 322 g/mol. The minimum absolute atomic E-state index is 0.0110. The van der Waals surface area contributed by atoms with Crippen LogP contribution in [0.15, 0.2) is 30.3 Å². The molecule has 0 aromatic heterocycles. The fourth-order valence-corrected chi connectivity index (χ4v) is 3.22. The van der Waals surface area contributed by atoms with Gasteiger partial charge in [0.2, 0.25) is 11.8 Å². The minimum Gasteiger partial charge on any atom is -0.506 e. The molecule has 4 N–H and O–H groups in total. The van der Waals surface area contributed by atoms with E-state index >= 15 is 0 Å². The van der Waals surface area contributed by atoms with E-state index in [2.05, 4.69) is 5.32 Å². The van der Waals surface area contributed by atoms with Gasteiger partial charge < -0.3 is 15.5 Å². The van der Waals surface area contributed by atoms with Crippen molar-refractivity contribution < 1.29 is 23.4 Å². The molecule has 0 aliphatic carbocycles. The summed E-state index contributed by atoms with van der Waals surface area (Å²) in [4.78, 5) is 11.6. The van der Waals surface area contributed by atoms with E-state index in [1.54, 1.807) is 6.07 Å². The fourth-order valence-electron chi connectivity index (χ4n) is 2.15. The molecule has 0 unspecified atom stereocenters. The van der Waals surface area contributed by atoms with Crippen LogP contribution in [-0.2, 0) is 21.4 Å². The second-order valence-corrected chi connectivity index (χ2v) is 7.01. The molecule has 0 saturated heterocycles. The van der Waals surface area contributed by atoms with Crippen LogP contribution in [0, 0.1) is 0 Å². The third kappa shape index (κ3) is 4.07. The molecule has 1 aliphatic rings. The number of nitrogens with one attached hydrogen (secondary N) is 2. The summed E-state index contributed by atoms with van der Waals surface area (Å²) >= 11 is 0. The number of phenolic OH excluding ortho intramolecular Hbond substituents is 1. The van der Waals surface area contributed by atoms with Gasteiger partial charge in [-0.2, -0.15) is 8.42 Å². The Kier molecular flexibility index (Phi) is 4.69. The van der Waals surface area contributed by atoms with Crippen molar-refractivity contribution in [2.24, 2.45) is 0 Å². The summed E-state index contributed by atoms with van der Waals surface area (Å²) in [5.41, 5.74) is 0.708. The number of benzene rings is 1. The maximum absolute atomic E-state index is 11.8. The number of carbonyl (C=O) groups is 1. The number of anilines is 1. The summed E-state index contributed by atoms with van der Waals surface area (Å²) in [5, 5.41) is 22.1. The summed E-state index contributed by atoms with van der Waals surface area (Å²) in [6.45, 7) is 3.73. The number of aromatic hydroxyl groups is 1. The molecule has 1 aromatic carbocycles. The average molecular weight is 341 g/mol. The third-order valence-corrected chi connectivity index (χ3v) is 4.39. The number of carbonyl (C=O) groups excluding carboxylic acids is 1. The highest BCUT2D eigenvalue weighted by molar-refractivity contribution is 7.91. The van der Waals surface area contributed by atoms with E-state index in [-0.39, 0.29) is 29.8 Å². The summed E-state index contributed by atoms with van der Waals surface area (Å²) in [5.74, 6) is -0.885. The first-order valence-electron chi connectivity index (χ1n) is 7.03. The molecule has 1 aromatic rings. The molecule has 0 atom stereocenters. The highest BCUT2D eigenvalue weighted by atomic mass is 32.2. The summed E-state index contributed by atoms with van der Waals surface area (Å²) in [6, 6.07) is 4.50. The zero-order valence-electron chi connectivity index (χ0n) is 12.8. The van der Waals surface area contributed by atoms with Crippen molar-refractivity contribution in [2.75, 3.05) is 4.31 Å². The molecule has 1 heterocycles. The molecule has 126 valence electrons. The van der Waals surface area contributed by atoms with Gasteiger partial charge in [-0.3, -0.25) is 4.79 Å². The smallest absolute Gasteiger partial charge is 0.330 e. The number of phenols is 1. The number of aliphatic hydroxyl groups is 1. The van der Waals surface area contributed by atoms with Crippen LogP contribution in [0.4, 0.5) is 5.69 Å². The second kappa shape index (κ2) is 6.37. The molecule has 8 nitrogen and oxygen atoms in total. The lowest BCUT2D eigenvalue weighted by atomic mass is 10.1. The maximum Gasteiger partial charge on any atom is 0.330 e. The Morgan fingerprint density at radius 1 is 1.35 bits per heavy atom. The first-order valence-corrected chi connectivity index (χ1v) is 8.47. The van der Waals surface area contributed by atoms with Gasteiger partial charge in [-0.25, -0.2) is 9.03 Å². The van der Waals surface area contributed by atoms with Gasteiger partial charge in [-0.1, -0.05) is 6.07 Å². The average Bonchev–Trinajstić information content (AvgIpc) is 2.68. The molecule has 2 rings (SSSR count). The van der Waals surface area contributed by atoms with Crippen molar-refractivity contribution in [3.8, 4) is 5.75 Å². The van der Waals surface area contributed by atoms with Crippen LogP contribution in [0.1, 0.15) is 25.8 Å². The van der Waals surface area contributed by atoms with Crippen LogP contribution in [0.25, 0.3) is 0 Å². The molecule has 0 saturated carbocycles. The Morgan fingerprint density at radius 2 is 2.04 bits per heavy atom. The van der Waals surface area contributed by atoms with Gasteiger partial charge >= 0.3 is 10.2 Å². The van der Waals surface area contributed by atoms with E-state index in [1.807, 2.05) is 18.6 Å². The van der Waals surface area contributed by atoms with Crippen LogP contribution in [0.3, 0.4) is 0 Å². The van der Waals surface area contributed by atoms with Crippen molar-refractivity contribution in [2.45, 2.75) is 32.7 Å². The number of hydrogen-bond donors (Lipinski definition) is 4. The highest BCUT2D eigenvalue weighted by Gasteiger charge is 2.30. The lowest BCUT2D eigenvalue weighted by Crippen LogP contribution is -2.30. The van der Waals surface area contributed by atoms with E-state index in [0.29, 0.717) is 12.0 Å². The maximum atomic E-state index is 11.8. The fraction of sp³-hybridized carbons (Fsp3) is 0.357. The normalized spacial score (nSPS) is 16.1. The minimum atomic E-state index is -3.95. The quantitative estimate of drug-likeness (QED) is 0.633. The predicted octanol–water partition coefficient (Wildman–Crippen LogP) is 0.861. The van der Waals surface area contributed by atoms with E-state index in [1.165, 1.54) is 12.1 Å². The summed E-state index contributed by atoms with van der Waals surface area (Å²) in [7, 11) is -3.95. The summed E-state index contributed by atoms with van der Waals surface area (Å²) < 4.78 is 26.2. The third-order valence-electron chi connectivity index (χ3n) is 3.10. The molecule has 0 radical (unpaired) electrons. The lowest BCUT2D eigenvalue weighted by molar-refractivity contribution is -0.121. The Morgan fingerprint density at radius 3 is 2.57 bits per heavy atom. The number of amides is 1. The highest BCUT2D eigenvalue weighted by Crippen LogP contribution is 2.32. The van der Waals surface area contributed by atoms with Crippen molar-refractivity contribution in [1.29, 1.82) is 0 Å². The first-order chi connectivity index (χ1) is 10.7. The Hall–Kier alpha value is -2.42. The van der Waals surface area contributed by atoms with Crippen LogP contribution in [-0.4, -0.2) is 30.6 Å². The zero-order valence-corrected chi connectivity index (χ0v) is 13.6. The predicted molar refractivity (Wildman–Crippen MR) is 85.0 cm³/mol.